The Kier molecular flexibility index (Phi) is 3.32. The van der Waals surface area contributed by atoms with Crippen molar-refractivity contribution in [3.63, 3.8) is 0 Å². The van der Waals surface area contributed by atoms with E-state index in [1.807, 2.05) is 36.9 Å². The minimum absolute atomic E-state index is 0.112. The fraction of sp³-hybridized carbons (Fsp3) is 0.308. The number of rotatable bonds is 4. The van der Waals surface area contributed by atoms with Crippen molar-refractivity contribution in [1.82, 2.24) is 14.5 Å². The van der Waals surface area contributed by atoms with Gasteiger partial charge in [0.15, 0.2) is 5.78 Å². The molecule has 0 aliphatic carbocycles. The van der Waals surface area contributed by atoms with Gasteiger partial charge in [-0.25, -0.2) is 4.98 Å². The van der Waals surface area contributed by atoms with Crippen LogP contribution in [0.1, 0.15) is 28.3 Å². The van der Waals surface area contributed by atoms with Crippen molar-refractivity contribution in [2.75, 3.05) is 0 Å². The molecule has 2 heterocycles. The second-order valence-corrected chi connectivity index (χ2v) is 4.07. The summed E-state index contributed by atoms with van der Waals surface area (Å²) < 4.78 is 1.93. The van der Waals surface area contributed by atoms with Crippen LogP contribution in [0.2, 0.25) is 0 Å². The number of nitrogens with zero attached hydrogens (tertiary/aromatic N) is 3. The highest BCUT2D eigenvalue weighted by molar-refractivity contribution is 5.95. The van der Waals surface area contributed by atoms with Crippen LogP contribution in [0.3, 0.4) is 0 Å². The molecular formula is C13H15N3O. The Labute approximate surface area is 100 Å². The van der Waals surface area contributed by atoms with E-state index in [0.29, 0.717) is 18.4 Å². The zero-order valence-corrected chi connectivity index (χ0v) is 10.1. The van der Waals surface area contributed by atoms with E-state index in [4.69, 9.17) is 0 Å². The Hall–Kier alpha value is -1.97. The lowest BCUT2D eigenvalue weighted by Crippen LogP contribution is -2.05. The van der Waals surface area contributed by atoms with Crippen LogP contribution in [0.25, 0.3) is 0 Å². The maximum atomic E-state index is 11.9. The molecule has 4 heteroatoms. The molecule has 17 heavy (non-hydrogen) atoms. The van der Waals surface area contributed by atoms with Gasteiger partial charge in [-0.15, -0.1) is 0 Å². The fourth-order valence-corrected chi connectivity index (χ4v) is 1.64. The van der Waals surface area contributed by atoms with Crippen molar-refractivity contribution >= 4 is 5.78 Å². The third-order valence-corrected chi connectivity index (χ3v) is 2.73. The summed E-state index contributed by atoms with van der Waals surface area (Å²) in [5, 5.41) is 0. The Morgan fingerprint density at radius 1 is 1.35 bits per heavy atom. The van der Waals surface area contributed by atoms with E-state index >= 15 is 0 Å². The molecule has 0 atom stereocenters. The van der Waals surface area contributed by atoms with Crippen LogP contribution < -0.4 is 0 Å². The van der Waals surface area contributed by atoms with Crippen LogP contribution in [-0.4, -0.2) is 20.3 Å². The van der Waals surface area contributed by atoms with Gasteiger partial charge in [-0.3, -0.25) is 9.78 Å². The van der Waals surface area contributed by atoms with E-state index in [1.165, 1.54) is 0 Å². The number of hydrogen-bond donors (Lipinski definition) is 0. The minimum atomic E-state index is 0.112. The summed E-state index contributed by atoms with van der Waals surface area (Å²) in [5.74, 6) is 1.04. The summed E-state index contributed by atoms with van der Waals surface area (Å²) in [7, 11) is 1.93. The third kappa shape index (κ3) is 2.78. The number of aryl methyl sites for hydroxylation is 3. The van der Waals surface area contributed by atoms with E-state index in [0.717, 1.165) is 11.5 Å². The number of carbonyl (C=O) groups is 1. The molecule has 0 unspecified atom stereocenters. The van der Waals surface area contributed by atoms with Crippen LogP contribution in [0.15, 0.2) is 30.7 Å². The summed E-state index contributed by atoms with van der Waals surface area (Å²) in [6, 6.07) is 3.68. The van der Waals surface area contributed by atoms with Gasteiger partial charge in [0.05, 0.1) is 0 Å². The number of carbonyl (C=O) groups excluding carboxylic acids is 1. The standard InChI is InChI=1S/C13H15N3O/c1-10-3-4-11(9-15-10)12(17)5-6-13-14-7-8-16(13)2/h3-4,7-9H,5-6H2,1-2H3. The van der Waals surface area contributed by atoms with Gasteiger partial charge in [-0.2, -0.15) is 0 Å². The highest BCUT2D eigenvalue weighted by Crippen LogP contribution is 2.06. The van der Waals surface area contributed by atoms with Gasteiger partial charge < -0.3 is 4.57 Å². The zero-order valence-electron chi connectivity index (χ0n) is 10.1. The van der Waals surface area contributed by atoms with Crippen molar-refractivity contribution in [3.05, 3.63) is 47.8 Å². The molecule has 4 nitrogen and oxygen atoms in total. The predicted octanol–water partition coefficient (Wildman–Crippen LogP) is 1.94. The molecule has 2 aromatic heterocycles. The molecule has 0 saturated heterocycles. The molecule has 0 radical (unpaired) electrons. The van der Waals surface area contributed by atoms with Crippen LogP contribution >= 0.6 is 0 Å². The average Bonchev–Trinajstić information content (AvgIpc) is 2.73. The first-order chi connectivity index (χ1) is 8.16. The molecule has 0 saturated carbocycles. The SMILES string of the molecule is Cc1ccc(C(=O)CCc2nccn2C)cn1. The van der Waals surface area contributed by atoms with Gasteiger partial charge in [0.25, 0.3) is 0 Å². The fourth-order valence-electron chi connectivity index (χ4n) is 1.64. The van der Waals surface area contributed by atoms with Gasteiger partial charge >= 0.3 is 0 Å². The molecule has 0 aliphatic rings. The van der Waals surface area contributed by atoms with Gasteiger partial charge in [0.2, 0.25) is 0 Å². The Morgan fingerprint density at radius 2 is 2.18 bits per heavy atom. The predicted molar refractivity (Wildman–Crippen MR) is 64.8 cm³/mol. The molecule has 88 valence electrons. The second kappa shape index (κ2) is 4.91. The smallest absolute Gasteiger partial charge is 0.164 e. The Bertz CT molecular complexity index is 514. The molecule has 2 rings (SSSR count). The average molecular weight is 229 g/mol. The minimum Gasteiger partial charge on any atom is -0.338 e. The van der Waals surface area contributed by atoms with Crippen molar-refractivity contribution < 1.29 is 4.79 Å². The zero-order chi connectivity index (χ0) is 12.3. The van der Waals surface area contributed by atoms with E-state index in [2.05, 4.69) is 9.97 Å². The largest absolute Gasteiger partial charge is 0.338 e. The molecule has 0 amide bonds. The van der Waals surface area contributed by atoms with Gasteiger partial charge in [0, 0.05) is 49.7 Å². The Balaban J connectivity index is 1.98. The normalized spacial score (nSPS) is 10.5. The number of pyridine rings is 1. The molecule has 0 aromatic carbocycles. The summed E-state index contributed by atoms with van der Waals surface area (Å²) in [6.45, 7) is 1.90. The van der Waals surface area contributed by atoms with E-state index < -0.39 is 0 Å². The van der Waals surface area contributed by atoms with Crippen molar-refractivity contribution in [2.24, 2.45) is 7.05 Å². The third-order valence-electron chi connectivity index (χ3n) is 2.73. The highest BCUT2D eigenvalue weighted by Gasteiger charge is 2.08. The van der Waals surface area contributed by atoms with Gasteiger partial charge in [-0.1, -0.05) is 0 Å². The maximum Gasteiger partial charge on any atom is 0.164 e. The number of aromatic nitrogens is 3. The number of hydrogen-bond acceptors (Lipinski definition) is 3. The maximum absolute atomic E-state index is 11.9. The number of Topliss-reactive ketones (excluding diaryl/α,β-unsaturated/α-hetero) is 1. The molecule has 0 aliphatic heterocycles. The second-order valence-electron chi connectivity index (χ2n) is 4.07. The summed E-state index contributed by atoms with van der Waals surface area (Å²) in [4.78, 5) is 20.2. The molecule has 2 aromatic rings. The molecule has 0 spiro atoms. The lowest BCUT2D eigenvalue weighted by molar-refractivity contribution is 0.0981. The number of ketones is 1. The summed E-state index contributed by atoms with van der Waals surface area (Å²) in [5.41, 5.74) is 1.59. The van der Waals surface area contributed by atoms with E-state index in [9.17, 15) is 4.79 Å². The first-order valence-electron chi connectivity index (χ1n) is 5.59. The van der Waals surface area contributed by atoms with Gasteiger partial charge in [0.1, 0.15) is 5.82 Å². The van der Waals surface area contributed by atoms with E-state index in [1.54, 1.807) is 12.4 Å². The topological polar surface area (TPSA) is 47.8 Å². The van der Waals surface area contributed by atoms with Crippen molar-refractivity contribution in [2.45, 2.75) is 19.8 Å². The summed E-state index contributed by atoms with van der Waals surface area (Å²) in [6.07, 6.45) is 6.39. The summed E-state index contributed by atoms with van der Waals surface area (Å²) >= 11 is 0. The Morgan fingerprint density at radius 3 is 2.76 bits per heavy atom. The van der Waals surface area contributed by atoms with Crippen LogP contribution in [0.4, 0.5) is 0 Å². The van der Waals surface area contributed by atoms with Crippen molar-refractivity contribution in [3.8, 4) is 0 Å². The quantitative estimate of drug-likeness (QED) is 0.753. The lowest BCUT2D eigenvalue weighted by atomic mass is 10.1. The van der Waals surface area contributed by atoms with E-state index in [-0.39, 0.29) is 5.78 Å². The van der Waals surface area contributed by atoms with Crippen LogP contribution in [0, 0.1) is 6.92 Å². The molecule has 0 fully saturated rings. The molecular weight excluding hydrogens is 214 g/mol. The molecule has 0 bridgehead atoms. The monoisotopic (exact) mass is 229 g/mol. The van der Waals surface area contributed by atoms with Gasteiger partial charge in [-0.05, 0) is 19.1 Å². The molecule has 0 N–H and O–H groups in total. The highest BCUT2D eigenvalue weighted by atomic mass is 16.1. The van der Waals surface area contributed by atoms with Crippen LogP contribution in [-0.2, 0) is 13.5 Å². The first-order valence-corrected chi connectivity index (χ1v) is 5.59. The van der Waals surface area contributed by atoms with Crippen molar-refractivity contribution in [1.29, 1.82) is 0 Å². The first kappa shape index (κ1) is 11.5. The van der Waals surface area contributed by atoms with Crippen LogP contribution in [0.5, 0.6) is 0 Å². The number of imidazole rings is 1. The lowest BCUT2D eigenvalue weighted by Gasteiger charge is -2.02.